The highest BCUT2D eigenvalue weighted by molar-refractivity contribution is 6.03. The third-order valence-corrected chi connectivity index (χ3v) is 6.67. The van der Waals surface area contributed by atoms with Crippen molar-refractivity contribution in [2.45, 2.75) is 6.92 Å². The molecular weight excluding hydrogens is 553 g/mol. The lowest BCUT2D eigenvalue weighted by Crippen LogP contribution is -2.39. The number of hydrogen-bond donors (Lipinski definition) is 2. The van der Waals surface area contributed by atoms with Gasteiger partial charge in [0.05, 0.1) is 26.0 Å². The fourth-order valence-corrected chi connectivity index (χ4v) is 4.49. The average molecular weight is 584 g/mol. The fourth-order valence-electron chi connectivity index (χ4n) is 4.49. The number of terminal acetylenes is 1. The van der Waals surface area contributed by atoms with Crippen LogP contribution in [0.2, 0.25) is 0 Å². The Bertz CT molecular complexity index is 1650. The van der Waals surface area contributed by atoms with E-state index in [0.717, 1.165) is 19.6 Å². The quantitative estimate of drug-likeness (QED) is 0.263. The molecule has 1 aliphatic heterocycles. The Morgan fingerprint density at radius 1 is 1.09 bits per heavy atom. The summed E-state index contributed by atoms with van der Waals surface area (Å²) in [4.78, 5) is 31.6. The number of amides is 1. The van der Waals surface area contributed by atoms with Crippen molar-refractivity contribution in [1.29, 1.82) is 0 Å². The van der Waals surface area contributed by atoms with Crippen LogP contribution in [0.4, 0.5) is 16.0 Å². The van der Waals surface area contributed by atoms with Crippen molar-refractivity contribution in [2.24, 2.45) is 0 Å². The SMILES string of the molecule is C#CC(=O)Nc1ccc(-c2nc(NCCN3CCOCC3)ncc2-c2ccc(Oc3nccc(C)n3)c(F)c2)c(OC)c1. The number of aryl methyl sites for hydroxylation is 1. The summed E-state index contributed by atoms with van der Waals surface area (Å²) in [6.07, 6.45) is 8.37. The summed E-state index contributed by atoms with van der Waals surface area (Å²) in [7, 11) is 1.51. The maximum absolute atomic E-state index is 15.3. The second-order valence-corrected chi connectivity index (χ2v) is 9.58. The van der Waals surface area contributed by atoms with E-state index in [0.29, 0.717) is 65.2 Å². The first-order valence-corrected chi connectivity index (χ1v) is 13.6. The van der Waals surface area contributed by atoms with Crippen LogP contribution >= 0.6 is 0 Å². The van der Waals surface area contributed by atoms with Gasteiger partial charge in [0.15, 0.2) is 11.6 Å². The first kappa shape index (κ1) is 29.4. The predicted octanol–water partition coefficient (Wildman–Crippen LogP) is 4.16. The molecule has 220 valence electrons. The Morgan fingerprint density at radius 3 is 2.67 bits per heavy atom. The van der Waals surface area contributed by atoms with E-state index >= 15 is 4.39 Å². The zero-order chi connectivity index (χ0) is 30.2. The van der Waals surface area contributed by atoms with Crippen LogP contribution < -0.4 is 20.1 Å². The molecule has 2 aromatic carbocycles. The summed E-state index contributed by atoms with van der Waals surface area (Å²) < 4.78 is 32.0. The van der Waals surface area contributed by atoms with Crippen LogP contribution in [-0.2, 0) is 9.53 Å². The van der Waals surface area contributed by atoms with E-state index in [1.54, 1.807) is 49.6 Å². The second kappa shape index (κ2) is 13.7. The van der Waals surface area contributed by atoms with Gasteiger partial charge in [0, 0.05) is 67.1 Å². The van der Waals surface area contributed by atoms with Gasteiger partial charge in [-0.15, -0.1) is 6.42 Å². The highest BCUT2D eigenvalue weighted by atomic mass is 19.1. The molecule has 0 radical (unpaired) electrons. The first-order chi connectivity index (χ1) is 20.9. The molecule has 2 aromatic heterocycles. The molecule has 3 heterocycles. The Balaban J connectivity index is 1.48. The van der Waals surface area contributed by atoms with Crippen LogP contribution in [0.1, 0.15) is 5.69 Å². The van der Waals surface area contributed by atoms with Crippen LogP contribution in [0.3, 0.4) is 0 Å². The number of methoxy groups -OCH3 is 1. The molecule has 1 fully saturated rings. The van der Waals surface area contributed by atoms with Crippen LogP contribution in [-0.4, -0.2) is 77.2 Å². The van der Waals surface area contributed by atoms with Crippen molar-refractivity contribution in [3.63, 3.8) is 0 Å². The number of carbonyl (C=O) groups excluding carboxylic acids is 1. The molecule has 11 nitrogen and oxygen atoms in total. The van der Waals surface area contributed by atoms with E-state index in [1.165, 1.54) is 19.2 Å². The first-order valence-electron chi connectivity index (χ1n) is 13.6. The summed E-state index contributed by atoms with van der Waals surface area (Å²) >= 11 is 0. The van der Waals surface area contributed by atoms with Crippen molar-refractivity contribution < 1.29 is 23.4 Å². The molecule has 12 heteroatoms. The minimum atomic E-state index is -0.611. The van der Waals surface area contributed by atoms with Crippen molar-refractivity contribution in [1.82, 2.24) is 24.8 Å². The maximum atomic E-state index is 15.3. The van der Waals surface area contributed by atoms with Gasteiger partial charge in [-0.2, -0.15) is 0 Å². The molecule has 5 rings (SSSR count). The number of halogens is 1. The van der Waals surface area contributed by atoms with Crippen LogP contribution in [0.5, 0.6) is 17.5 Å². The molecule has 1 saturated heterocycles. The molecule has 0 atom stereocenters. The van der Waals surface area contributed by atoms with Crippen molar-refractivity contribution in [2.75, 3.05) is 57.1 Å². The van der Waals surface area contributed by atoms with Gasteiger partial charge in [0.1, 0.15) is 5.75 Å². The number of nitrogens with one attached hydrogen (secondary N) is 2. The van der Waals surface area contributed by atoms with Gasteiger partial charge in [-0.3, -0.25) is 9.69 Å². The van der Waals surface area contributed by atoms with Crippen molar-refractivity contribution in [3.05, 3.63) is 66.4 Å². The second-order valence-electron chi connectivity index (χ2n) is 9.58. The Morgan fingerprint density at radius 2 is 1.93 bits per heavy atom. The summed E-state index contributed by atoms with van der Waals surface area (Å²) in [5.41, 5.74) is 3.30. The number of anilines is 2. The highest BCUT2D eigenvalue weighted by Gasteiger charge is 2.19. The van der Waals surface area contributed by atoms with Gasteiger partial charge >= 0.3 is 6.01 Å². The minimum absolute atomic E-state index is 0.0237. The summed E-state index contributed by atoms with van der Waals surface area (Å²) in [5.74, 6) is 1.62. The number of benzene rings is 2. The Labute approximate surface area is 248 Å². The molecule has 0 spiro atoms. The molecular formula is C31H30FN7O4. The Hall–Kier alpha value is -5.12. The molecule has 0 aliphatic carbocycles. The van der Waals surface area contributed by atoms with Gasteiger partial charge in [0.2, 0.25) is 5.95 Å². The van der Waals surface area contributed by atoms with E-state index in [2.05, 4.69) is 30.5 Å². The largest absolute Gasteiger partial charge is 0.496 e. The van der Waals surface area contributed by atoms with E-state index in [9.17, 15) is 4.79 Å². The summed E-state index contributed by atoms with van der Waals surface area (Å²) in [6.45, 7) is 6.38. The number of ether oxygens (including phenoxy) is 3. The van der Waals surface area contributed by atoms with Gasteiger partial charge in [-0.1, -0.05) is 6.07 Å². The third-order valence-electron chi connectivity index (χ3n) is 6.67. The predicted molar refractivity (Wildman–Crippen MR) is 159 cm³/mol. The lowest BCUT2D eigenvalue weighted by molar-refractivity contribution is -0.111. The van der Waals surface area contributed by atoms with E-state index in [1.807, 2.05) is 5.92 Å². The van der Waals surface area contributed by atoms with Crippen molar-refractivity contribution >= 4 is 17.5 Å². The normalized spacial score (nSPS) is 13.2. The molecule has 2 N–H and O–H groups in total. The lowest BCUT2D eigenvalue weighted by Gasteiger charge is -2.26. The van der Waals surface area contributed by atoms with Gasteiger partial charge < -0.3 is 24.8 Å². The standard InChI is InChI=1S/C31H30FN7O4/c1-4-28(40)37-22-6-7-23(27(18-22)41-3)29-24(19-35-30(38-29)33-11-12-39-13-15-42-16-14-39)21-5-8-26(25(32)17-21)43-31-34-10-9-20(2)36-31/h1,5-10,17-19H,11-16H2,2-3H3,(H,37,40)(H,33,35,38). The number of nitrogens with zero attached hydrogens (tertiary/aromatic N) is 5. The zero-order valence-electron chi connectivity index (χ0n) is 23.8. The smallest absolute Gasteiger partial charge is 0.322 e. The molecule has 0 saturated carbocycles. The minimum Gasteiger partial charge on any atom is -0.496 e. The van der Waals surface area contributed by atoms with Gasteiger partial charge in [-0.05, 0) is 48.7 Å². The number of aromatic nitrogens is 4. The summed E-state index contributed by atoms with van der Waals surface area (Å²) in [6, 6.07) is 11.4. The number of rotatable bonds is 10. The molecule has 4 aromatic rings. The van der Waals surface area contributed by atoms with Crippen LogP contribution in [0.15, 0.2) is 54.9 Å². The summed E-state index contributed by atoms with van der Waals surface area (Å²) in [5, 5.41) is 5.89. The number of carbonyl (C=O) groups is 1. The van der Waals surface area contributed by atoms with Crippen molar-refractivity contribution in [3.8, 4) is 52.2 Å². The fraction of sp³-hybridized carbons (Fsp3) is 0.258. The molecule has 0 bridgehead atoms. The molecule has 1 amide bonds. The van der Waals surface area contributed by atoms with Gasteiger partial charge in [-0.25, -0.2) is 24.3 Å². The molecule has 43 heavy (non-hydrogen) atoms. The van der Waals surface area contributed by atoms with Crippen LogP contribution in [0, 0.1) is 25.1 Å². The third kappa shape index (κ3) is 7.40. The van der Waals surface area contributed by atoms with E-state index in [4.69, 9.17) is 25.6 Å². The lowest BCUT2D eigenvalue weighted by atomic mass is 9.99. The average Bonchev–Trinajstić information content (AvgIpc) is 3.02. The Kier molecular flexibility index (Phi) is 9.36. The topological polar surface area (TPSA) is 124 Å². The number of morpholine rings is 1. The highest BCUT2D eigenvalue weighted by Crippen LogP contribution is 2.39. The zero-order valence-corrected chi connectivity index (χ0v) is 23.8. The van der Waals surface area contributed by atoms with E-state index < -0.39 is 11.7 Å². The number of hydrogen-bond acceptors (Lipinski definition) is 10. The monoisotopic (exact) mass is 583 g/mol. The van der Waals surface area contributed by atoms with Crippen LogP contribution in [0.25, 0.3) is 22.4 Å². The maximum Gasteiger partial charge on any atom is 0.322 e. The van der Waals surface area contributed by atoms with E-state index in [-0.39, 0.29) is 11.8 Å². The molecule has 0 unspecified atom stereocenters. The molecule has 1 aliphatic rings. The van der Waals surface area contributed by atoms with Gasteiger partial charge in [0.25, 0.3) is 5.91 Å².